The lowest BCUT2D eigenvalue weighted by atomic mass is 9.91. The lowest BCUT2D eigenvalue weighted by Gasteiger charge is -2.18. The number of fused-ring (bicyclic) bond motifs is 1. The van der Waals surface area contributed by atoms with Crippen molar-refractivity contribution in [2.75, 3.05) is 0 Å². The number of hydrogen-bond donors (Lipinski definition) is 1. The number of hydrogen-bond acceptors (Lipinski definition) is 5. The minimum Gasteiger partial charge on any atom is -0.437 e. The Morgan fingerprint density at radius 1 is 1.20 bits per heavy atom. The Morgan fingerprint density at radius 3 is 2.92 bits per heavy atom. The average molecular weight is 334 g/mol. The van der Waals surface area contributed by atoms with E-state index >= 15 is 0 Å². The molecule has 2 heterocycles. The predicted octanol–water partition coefficient (Wildman–Crippen LogP) is 3.32. The highest BCUT2D eigenvalue weighted by Gasteiger charge is 2.16. The van der Waals surface area contributed by atoms with Gasteiger partial charge in [0.25, 0.3) is 0 Å². The van der Waals surface area contributed by atoms with Gasteiger partial charge in [-0.1, -0.05) is 36.4 Å². The second kappa shape index (κ2) is 6.49. The van der Waals surface area contributed by atoms with Crippen molar-refractivity contribution in [2.24, 2.45) is 0 Å². The number of allylic oxidation sites excluding steroid dienone is 4. The van der Waals surface area contributed by atoms with Gasteiger partial charge in [-0.05, 0) is 31.0 Å². The molecule has 6 nitrogen and oxygen atoms in total. The summed E-state index contributed by atoms with van der Waals surface area (Å²) in [5.74, 6) is 2.11. The van der Waals surface area contributed by atoms with E-state index in [2.05, 4.69) is 27.4 Å². The van der Waals surface area contributed by atoms with Crippen LogP contribution in [0.1, 0.15) is 29.3 Å². The van der Waals surface area contributed by atoms with Crippen LogP contribution in [-0.2, 0) is 6.61 Å². The van der Waals surface area contributed by atoms with E-state index in [-0.39, 0.29) is 12.5 Å². The Balaban J connectivity index is 1.72. The fourth-order valence-electron chi connectivity index (χ4n) is 2.93. The zero-order chi connectivity index (χ0) is 17.2. The van der Waals surface area contributed by atoms with Gasteiger partial charge in [-0.15, -0.1) is 15.3 Å². The van der Waals surface area contributed by atoms with Crippen molar-refractivity contribution in [3.05, 3.63) is 71.6 Å². The van der Waals surface area contributed by atoms with Crippen LogP contribution in [0.5, 0.6) is 11.6 Å². The third kappa shape index (κ3) is 3.04. The van der Waals surface area contributed by atoms with Crippen molar-refractivity contribution in [3.63, 3.8) is 0 Å². The van der Waals surface area contributed by atoms with Crippen molar-refractivity contribution in [2.45, 2.75) is 25.9 Å². The Morgan fingerprint density at radius 2 is 2.12 bits per heavy atom. The molecule has 1 aliphatic rings. The summed E-state index contributed by atoms with van der Waals surface area (Å²) in [6.45, 7) is 1.81. The highest BCUT2D eigenvalue weighted by atomic mass is 16.5. The highest BCUT2D eigenvalue weighted by molar-refractivity contribution is 5.45. The fourth-order valence-corrected chi connectivity index (χ4v) is 2.93. The SMILES string of the molecule is Cc1nnc2ccc(Oc3cc(CO)ccc3[C@H]3C=CC=CC3)nn12. The van der Waals surface area contributed by atoms with Gasteiger partial charge in [0.1, 0.15) is 5.75 Å². The van der Waals surface area contributed by atoms with Crippen LogP contribution >= 0.6 is 0 Å². The molecular weight excluding hydrogens is 316 g/mol. The maximum Gasteiger partial charge on any atom is 0.237 e. The van der Waals surface area contributed by atoms with Gasteiger partial charge < -0.3 is 9.84 Å². The quantitative estimate of drug-likeness (QED) is 0.792. The van der Waals surface area contributed by atoms with Crippen molar-refractivity contribution in [1.82, 2.24) is 19.8 Å². The minimum atomic E-state index is -0.0337. The van der Waals surface area contributed by atoms with Crippen molar-refractivity contribution in [3.8, 4) is 11.6 Å². The summed E-state index contributed by atoms with van der Waals surface area (Å²) in [4.78, 5) is 0. The van der Waals surface area contributed by atoms with E-state index in [1.165, 1.54) is 0 Å². The number of ether oxygens (including phenoxy) is 1. The number of nitrogens with zero attached hydrogens (tertiary/aromatic N) is 4. The van der Waals surface area contributed by atoms with Crippen LogP contribution in [0, 0.1) is 6.92 Å². The molecule has 4 rings (SSSR count). The zero-order valence-corrected chi connectivity index (χ0v) is 13.8. The van der Waals surface area contributed by atoms with Crippen molar-refractivity contribution >= 4 is 5.65 Å². The van der Waals surface area contributed by atoms with Gasteiger partial charge >= 0.3 is 0 Å². The molecule has 126 valence electrons. The van der Waals surface area contributed by atoms with Gasteiger partial charge in [0.2, 0.25) is 5.88 Å². The first-order chi connectivity index (χ1) is 12.2. The zero-order valence-electron chi connectivity index (χ0n) is 13.8. The Labute approximate surface area is 145 Å². The first kappa shape index (κ1) is 15.5. The number of rotatable bonds is 4. The molecule has 1 N–H and O–H groups in total. The average Bonchev–Trinajstić information content (AvgIpc) is 3.03. The summed E-state index contributed by atoms with van der Waals surface area (Å²) in [6.07, 6.45) is 9.30. The number of aliphatic hydroxyl groups excluding tert-OH is 1. The van der Waals surface area contributed by atoms with Crippen LogP contribution in [0.15, 0.2) is 54.6 Å². The van der Waals surface area contributed by atoms with E-state index in [9.17, 15) is 5.11 Å². The lowest BCUT2D eigenvalue weighted by molar-refractivity contribution is 0.281. The van der Waals surface area contributed by atoms with Crippen LogP contribution in [-0.4, -0.2) is 24.9 Å². The molecule has 0 unspecified atom stereocenters. The van der Waals surface area contributed by atoms with Gasteiger partial charge in [0.05, 0.1) is 6.61 Å². The van der Waals surface area contributed by atoms with E-state index in [1.54, 1.807) is 10.6 Å². The first-order valence-corrected chi connectivity index (χ1v) is 8.18. The predicted molar refractivity (Wildman–Crippen MR) is 93.6 cm³/mol. The third-order valence-corrected chi connectivity index (χ3v) is 4.25. The molecule has 0 saturated carbocycles. The lowest BCUT2D eigenvalue weighted by Crippen LogP contribution is -2.03. The molecule has 0 fully saturated rings. The second-order valence-electron chi connectivity index (χ2n) is 5.98. The summed E-state index contributed by atoms with van der Waals surface area (Å²) in [5.41, 5.74) is 2.55. The fraction of sp³-hybridized carbons (Fsp3) is 0.211. The molecule has 6 heteroatoms. The Kier molecular flexibility index (Phi) is 4.03. The Bertz CT molecular complexity index is 975. The topological polar surface area (TPSA) is 72.5 Å². The van der Waals surface area contributed by atoms with Crippen LogP contribution in [0.4, 0.5) is 0 Å². The van der Waals surface area contributed by atoms with Crippen LogP contribution in [0.3, 0.4) is 0 Å². The molecule has 0 aliphatic heterocycles. The number of aromatic nitrogens is 4. The number of benzene rings is 1. The number of aryl methyl sites for hydroxylation is 1. The monoisotopic (exact) mass is 334 g/mol. The van der Waals surface area contributed by atoms with E-state index in [4.69, 9.17) is 4.74 Å². The van der Waals surface area contributed by atoms with E-state index < -0.39 is 0 Å². The maximum atomic E-state index is 9.46. The Hall–Kier alpha value is -2.99. The van der Waals surface area contributed by atoms with E-state index in [1.807, 2.05) is 43.3 Å². The largest absolute Gasteiger partial charge is 0.437 e. The molecule has 3 aromatic rings. The smallest absolute Gasteiger partial charge is 0.237 e. The summed E-state index contributed by atoms with van der Waals surface area (Å²) in [7, 11) is 0. The second-order valence-corrected chi connectivity index (χ2v) is 5.98. The van der Waals surface area contributed by atoms with Gasteiger partial charge in [-0.25, -0.2) is 0 Å². The van der Waals surface area contributed by atoms with Gasteiger partial charge in [-0.3, -0.25) is 0 Å². The molecule has 1 aromatic carbocycles. The van der Waals surface area contributed by atoms with Crippen molar-refractivity contribution < 1.29 is 9.84 Å². The van der Waals surface area contributed by atoms with Crippen molar-refractivity contribution in [1.29, 1.82) is 0 Å². The summed E-state index contributed by atoms with van der Waals surface area (Å²) in [6, 6.07) is 9.40. The standard InChI is InChI=1S/C19H18N4O2/c1-13-20-21-18-9-10-19(22-23(13)18)25-17-11-14(12-24)7-8-16(17)15-5-3-2-4-6-15/h2-5,7-11,15,24H,6,12H2,1H3/t15-/m0/s1. The molecular formula is C19H18N4O2. The van der Waals surface area contributed by atoms with Crippen LogP contribution < -0.4 is 4.74 Å². The summed E-state index contributed by atoms with van der Waals surface area (Å²) >= 11 is 0. The molecule has 0 spiro atoms. The molecule has 0 bridgehead atoms. The third-order valence-electron chi connectivity index (χ3n) is 4.25. The van der Waals surface area contributed by atoms with Gasteiger partial charge in [0, 0.05) is 17.5 Å². The maximum absolute atomic E-state index is 9.46. The normalized spacial score (nSPS) is 16.5. The van der Waals surface area contributed by atoms with Gasteiger partial charge in [-0.2, -0.15) is 4.52 Å². The molecule has 25 heavy (non-hydrogen) atoms. The molecule has 1 aliphatic carbocycles. The summed E-state index contributed by atoms with van der Waals surface area (Å²) in [5, 5.41) is 21.9. The van der Waals surface area contributed by atoms with E-state index in [0.717, 1.165) is 17.5 Å². The van der Waals surface area contributed by atoms with Crippen LogP contribution in [0.2, 0.25) is 0 Å². The van der Waals surface area contributed by atoms with Crippen LogP contribution in [0.25, 0.3) is 5.65 Å². The number of aliphatic hydroxyl groups is 1. The molecule has 1 atom stereocenters. The molecule has 0 saturated heterocycles. The highest BCUT2D eigenvalue weighted by Crippen LogP contribution is 2.35. The molecule has 0 amide bonds. The first-order valence-electron chi connectivity index (χ1n) is 8.18. The summed E-state index contributed by atoms with van der Waals surface area (Å²) < 4.78 is 7.73. The molecule has 2 aromatic heterocycles. The van der Waals surface area contributed by atoms with Gasteiger partial charge in [0.15, 0.2) is 11.5 Å². The van der Waals surface area contributed by atoms with E-state index in [0.29, 0.717) is 23.1 Å². The molecule has 0 radical (unpaired) electrons. The minimum absolute atomic E-state index is 0.0337.